The number of thiocarbonyl (C=S) groups is 1. The molecular formula is C22H20Cl2N2O6S2. The molecule has 2 aromatic carbocycles. The van der Waals surface area contributed by atoms with E-state index in [0.29, 0.717) is 28.5 Å². The summed E-state index contributed by atoms with van der Waals surface area (Å²) in [5, 5.41) is 9.27. The molecule has 0 aliphatic carbocycles. The zero-order valence-electron chi connectivity index (χ0n) is 17.7. The van der Waals surface area contributed by atoms with Crippen molar-refractivity contribution in [2.24, 2.45) is 5.73 Å². The van der Waals surface area contributed by atoms with Crippen molar-refractivity contribution >= 4 is 76.2 Å². The zero-order valence-corrected chi connectivity index (χ0v) is 20.9. The molecule has 34 heavy (non-hydrogen) atoms. The molecule has 0 radical (unpaired) electrons. The highest BCUT2D eigenvalue weighted by molar-refractivity contribution is 8.26. The normalized spacial score (nSPS) is 15.1. The molecule has 1 saturated heterocycles. The Hall–Kier alpha value is -2.63. The van der Waals surface area contributed by atoms with E-state index in [1.807, 2.05) is 0 Å². The van der Waals surface area contributed by atoms with Crippen LogP contribution in [0, 0.1) is 0 Å². The molecule has 2 aromatic rings. The lowest BCUT2D eigenvalue weighted by atomic mass is 10.1. The van der Waals surface area contributed by atoms with Gasteiger partial charge < -0.3 is 20.3 Å². The van der Waals surface area contributed by atoms with Crippen LogP contribution in [0.5, 0.6) is 11.5 Å². The van der Waals surface area contributed by atoms with Gasteiger partial charge in [-0.25, -0.2) is 0 Å². The van der Waals surface area contributed by atoms with E-state index in [-0.39, 0.29) is 21.6 Å². The van der Waals surface area contributed by atoms with Crippen molar-refractivity contribution in [1.82, 2.24) is 4.90 Å². The number of carbonyl (C=O) groups excluding carboxylic acids is 2. The summed E-state index contributed by atoms with van der Waals surface area (Å²) in [5.41, 5.74) is 7.19. The minimum absolute atomic E-state index is 0. The van der Waals surface area contributed by atoms with Crippen molar-refractivity contribution < 1.29 is 29.0 Å². The van der Waals surface area contributed by atoms with Gasteiger partial charge >= 0.3 is 11.9 Å². The van der Waals surface area contributed by atoms with Gasteiger partial charge in [-0.05, 0) is 54.0 Å². The summed E-state index contributed by atoms with van der Waals surface area (Å²) in [6, 6.07) is 11.3. The van der Waals surface area contributed by atoms with E-state index in [1.54, 1.807) is 48.5 Å². The number of halogens is 2. The highest BCUT2D eigenvalue weighted by Crippen LogP contribution is 2.35. The molecule has 180 valence electrons. The Kier molecular flexibility index (Phi) is 9.90. The second kappa shape index (κ2) is 12.2. The molecule has 1 heterocycles. The average Bonchev–Trinajstić information content (AvgIpc) is 3.03. The van der Waals surface area contributed by atoms with Crippen LogP contribution in [-0.2, 0) is 25.5 Å². The number of benzene rings is 2. The van der Waals surface area contributed by atoms with Gasteiger partial charge in [-0.1, -0.05) is 47.7 Å². The van der Waals surface area contributed by atoms with E-state index in [9.17, 15) is 14.4 Å². The van der Waals surface area contributed by atoms with Crippen molar-refractivity contribution in [3.63, 3.8) is 0 Å². The van der Waals surface area contributed by atoms with Crippen molar-refractivity contribution in [1.29, 1.82) is 0 Å². The monoisotopic (exact) mass is 542 g/mol. The zero-order chi connectivity index (χ0) is 24.1. The number of rotatable bonds is 8. The molecule has 1 aliphatic heterocycles. The van der Waals surface area contributed by atoms with Crippen molar-refractivity contribution in [3.8, 4) is 11.5 Å². The molecule has 1 aliphatic rings. The lowest BCUT2D eigenvalue weighted by Gasteiger charge is -2.11. The Balaban J connectivity index is 0.00000408. The number of carboxylic acid groups (broad SMARTS) is 1. The molecule has 0 unspecified atom stereocenters. The van der Waals surface area contributed by atoms with Gasteiger partial charge in [0.05, 0.1) is 17.0 Å². The molecule has 0 saturated carbocycles. The first kappa shape index (κ1) is 27.6. The van der Waals surface area contributed by atoms with E-state index in [1.165, 1.54) is 7.11 Å². The number of hydrogen-bond donors (Lipinski definition) is 2. The molecule has 3 N–H and O–H groups in total. The average molecular weight is 543 g/mol. The molecule has 3 rings (SSSR count). The predicted molar refractivity (Wildman–Crippen MR) is 136 cm³/mol. The third-order valence-electron chi connectivity index (χ3n) is 4.54. The van der Waals surface area contributed by atoms with Crippen LogP contribution in [0.4, 0.5) is 0 Å². The summed E-state index contributed by atoms with van der Waals surface area (Å²) >= 11 is 12.5. The third-order valence-corrected chi connectivity index (χ3v) is 6.25. The first-order valence-electron chi connectivity index (χ1n) is 9.55. The minimum Gasteiger partial charge on any atom is -0.480 e. The second-order valence-corrected chi connectivity index (χ2v) is 9.01. The number of ether oxygens (including phenoxy) is 2. The van der Waals surface area contributed by atoms with E-state index in [2.05, 4.69) is 4.74 Å². The van der Waals surface area contributed by atoms with Crippen molar-refractivity contribution in [2.45, 2.75) is 12.5 Å². The Morgan fingerprint density at radius 3 is 2.47 bits per heavy atom. The topological polar surface area (TPSA) is 119 Å². The van der Waals surface area contributed by atoms with Gasteiger partial charge in [0.2, 0.25) is 0 Å². The molecule has 12 heteroatoms. The van der Waals surface area contributed by atoms with Crippen LogP contribution in [0.2, 0.25) is 5.02 Å². The molecule has 8 nitrogen and oxygen atoms in total. The number of thioether (sulfide) groups is 1. The van der Waals surface area contributed by atoms with E-state index >= 15 is 0 Å². The number of aliphatic carboxylic acids is 1. The Morgan fingerprint density at radius 2 is 1.88 bits per heavy atom. The highest BCUT2D eigenvalue weighted by Gasteiger charge is 2.33. The van der Waals surface area contributed by atoms with Crippen LogP contribution in [0.25, 0.3) is 6.08 Å². The fourth-order valence-corrected chi connectivity index (χ4v) is 4.39. The number of nitrogens with two attached hydrogens (primary N) is 1. The van der Waals surface area contributed by atoms with Gasteiger partial charge in [0.15, 0.2) is 0 Å². The maximum absolute atomic E-state index is 12.4. The van der Waals surface area contributed by atoms with E-state index < -0.39 is 30.4 Å². The second-order valence-electron chi connectivity index (χ2n) is 6.92. The van der Waals surface area contributed by atoms with Crippen molar-refractivity contribution in [2.75, 3.05) is 13.7 Å². The molecular weight excluding hydrogens is 523 g/mol. The molecule has 0 spiro atoms. The maximum atomic E-state index is 12.4. The smallest absolute Gasteiger partial charge is 0.323 e. The van der Waals surface area contributed by atoms with Gasteiger partial charge in [0, 0.05) is 0 Å². The van der Waals surface area contributed by atoms with Crippen LogP contribution in [-0.4, -0.2) is 51.9 Å². The number of amides is 1. The Morgan fingerprint density at radius 1 is 1.24 bits per heavy atom. The lowest BCUT2D eigenvalue weighted by molar-refractivity contribution is -0.142. The summed E-state index contributed by atoms with van der Waals surface area (Å²) in [4.78, 5) is 36.1. The van der Waals surface area contributed by atoms with Gasteiger partial charge in [-0.15, -0.1) is 12.4 Å². The standard InChI is InChI=1S/C22H19ClN2O6S2.ClH/c1-30-21(29)17(24)8-12-2-5-14(6-3-12)31-15-7-4-13(16(23)10-15)9-18-20(28)25(11-19(26)27)22(32)33-18;/h2-7,9-10,17H,8,11,24H2,1H3,(H,26,27);1H/b18-9-;/t17-;/m0./s1. The van der Waals surface area contributed by atoms with Gasteiger partial charge in [-0.3, -0.25) is 19.3 Å². The largest absolute Gasteiger partial charge is 0.480 e. The summed E-state index contributed by atoms with van der Waals surface area (Å²) in [7, 11) is 1.29. The molecule has 0 aromatic heterocycles. The van der Waals surface area contributed by atoms with Crippen molar-refractivity contribution in [3.05, 3.63) is 63.5 Å². The van der Waals surface area contributed by atoms with E-state index in [4.69, 9.17) is 39.4 Å². The fourth-order valence-electron chi connectivity index (χ4n) is 2.92. The van der Waals surface area contributed by atoms with Crippen LogP contribution < -0.4 is 10.5 Å². The molecule has 0 bridgehead atoms. The van der Waals surface area contributed by atoms with Crippen LogP contribution in [0.1, 0.15) is 11.1 Å². The highest BCUT2D eigenvalue weighted by atomic mass is 35.5. The summed E-state index contributed by atoms with van der Waals surface area (Å²) < 4.78 is 10.6. The fraction of sp³-hybridized carbons (Fsp3) is 0.182. The quantitative estimate of drug-likeness (QED) is 0.290. The maximum Gasteiger partial charge on any atom is 0.323 e. The number of esters is 1. The Labute approximate surface area is 216 Å². The van der Waals surface area contributed by atoms with E-state index in [0.717, 1.165) is 22.2 Å². The number of carboxylic acids is 1. The van der Waals surface area contributed by atoms with Crippen LogP contribution in [0.15, 0.2) is 47.4 Å². The minimum atomic E-state index is -1.15. The van der Waals surface area contributed by atoms with Gasteiger partial charge in [0.25, 0.3) is 5.91 Å². The lowest BCUT2D eigenvalue weighted by Crippen LogP contribution is -2.33. The van der Waals surface area contributed by atoms with Gasteiger partial charge in [0.1, 0.15) is 28.4 Å². The summed E-state index contributed by atoms with van der Waals surface area (Å²) in [6.07, 6.45) is 1.90. The number of nitrogens with zero attached hydrogens (tertiary/aromatic N) is 1. The Bertz CT molecular complexity index is 1140. The number of hydrogen-bond acceptors (Lipinski definition) is 8. The first-order chi connectivity index (χ1) is 15.7. The molecule has 1 fully saturated rings. The number of carbonyl (C=O) groups is 3. The predicted octanol–water partition coefficient (Wildman–Crippen LogP) is 3.88. The SMILES string of the molecule is COC(=O)[C@@H](N)Cc1ccc(Oc2ccc(/C=C3\SC(=S)N(CC(=O)O)C3=O)c(Cl)c2)cc1.Cl. The summed E-state index contributed by atoms with van der Waals surface area (Å²) in [5.74, 6) is -1.06. The summed E-state index contributed by atoms with van der Waals surface area (Å²) in [6.45, 7) is -0.490. The van der Waals surface area contributed by atoms with Crippen LogP contribution in [0.3, 0.4) is 0 Å². The van der Waals surface area contributed by atoms with Crippen LogP contribution >= 0.6 is 48.0 Å². The number of methoxy groups -OCH3 is 1. The first-order valence-corrected chi connectivity index (χ1v) is 11.1. The molecule has 1 amide bonds. The molecule has 1 atom stereocenters. The third kappa shape index (κ3) is 6.94. The van der Waals surface area contributed by atoms with Gasteiger partial charge in [-0.2, -0.15) is 0 Å².